The molecule has 0 saturated carbocycles. The topological polar surface area (TPSA) is 56.0 Å². The summed E-state index contributed by atoms with van der Waals surface area (Å²) in [4.78, 5) is 4.91. The van der Waals surface area contributed by atoms with Gasteiger partial charge in [0, 0.05) is 24.4 Å². The second kappa shape index (κ2) is 8.15. The highest BCUT2D eigenvalue weighted by molar-refractivity contribution is 7.16. The van der Waals surface area contributed by atoms with Crippen LogP contribution in [-0.2, 0) is 6.42 Å². The van der Waals surface area contributed by atoms with Gasteiger partial charge in [-0.15, -0.1) is 10.2 Å². The monoisotopic (exact) mass is 329 g/mol. The third-order valence-corrected chi connectivity index (χ3v) is 4.92. The molecule has 0 aliphatic heterocycles. The van der Waals surface area contributed by atoms with Gasteiger partial charge < -0.3 is 0 Å². The first kappa shape index (κ1) is 16.1. The van der Waals surface area contributed by atoms with Crippen LogP contribution in [0.15, 0.2) is 24.5 Å². The van der Waals surface area contributed by atoms with Gasteiger partial charge >= 0.3 is 0 Å². The summed E-state index contributed by atoms with van der Waals surface area (Å²) in [5.41, 5.74) is 1.00. The Morgan fingerprint density at radius 1 is 0.957 bits per heavy atom. The Hall–Kier alpha value is -1.82. The summed E-state index contributed by atoms with van der Waals surface area (Å²) in [6.45, 7) is 2.26. The first-order valence-electron chi connectivity index (χ1n) is 8.50. The maximum absolute atomic E-state index is 4.69. The van der Waals surface area contributed by atoms with Crippen LogP contribution in [0.3, 0.4) is 0 Å². The second-order valence-electron chi connectivity index (χ2n) is 5.82. The Labute approximate surface area is 140 Å². The molecule has 0 unspecified atom stereocenters. The number of unbranched alkanes of at least 4 members (excludes halogenated alkanes) is 6. The third-order valence-electron chi connectivity index (χ3n) is 3.97. The van der Waals surface area contributed by atoms with Gasteiger partial charge in [0.25, 0.3) is 0 Å². The lowest BCUT2D eigenvalue weighted by molar-refractivity contribution is 0.588. The summed E-state index contributed by atoms with van der Waals surface area (Å²) < 4.78 is 1.86. The van der Waals surface area contributed by atoms with Crippen molar-refractivity contribution in [2.45, 2.75) is 58.3 Å². The van der Waals surface area contributed by atoms with Crippen molar-refractivity contribution >= 4 is 16.3 Å². The van der Waals surface area contributed by atoms with Gasteiger partial charge in [0.15, 0.2) is 5.82 Å². The standard InChI is InChI=1S/C17H23N5S/c1-2-3-4-5-6-7-8-9-15-21-22-16(19-20-17(22)23-15)14-10-12-18-13-11-14/h10-13H,2-9H2,1H3. The highest BCUT2D eigenvalue weighted by atomic mass is 32.1. The summed E-state index contributed by atoms with van der Waals surface area (Å²) >= 11 is 1.65. The molecule has 0 spiro atoms. The van der Waals surface area contributed by atoms with E-state index in [1.54, 1.807) is 23.7 Å². The van der Waals surface area contributed by atoms with Gasteiger partial charge in [-0.25, -0.2) is 0 Å². The van der Waals surface area contributed by atoms with Crippen LogP contribution >= 0.6 is 11.3 Å². The molecular weight excluding hydrogens is 306 g/mol. The normalized spacial score (nSPS) is 11.3. The number of hydrogen-bond acceptors (Lipinski definition) is 5. The summed E-state index contributed by atoms with van der Waals surface area (Å²) in [7, 11) is 0. The van der Waals surface area contributed by atoms with Crippen LogP contribution in [0.4, 0.5) is 0 Å². The van der Waals surface area contributed by atoms with E-state index >= 15 is 0 Å². The molecule has 6 heteroatoms. The summed E-state index contributed by atoms with van der Waals surface area (Å²) in [6, 6.07) is 3.87. The first-order valence-corrected chi connectivity index (χ1v) is 9.31. The Bertz CT molecular complexity index is 719. The lowest BCUT2D eigenvalue weighted by Gasteiger charge is -1.99. The van der Waals surface area contributed by atoms with Gasteiger partial charge in [0.05, 0.1) is 0 Å². The predicted molar refractivity (Wildman–Crippen MR) is 93.6 cm³/mol. The quantitative estimate of drug-likeness (QED) is 0.541. The zero-order chi connectivity index (χ0) is 15.9. The van der Waals surface area contributed by atoms with Crippen molar-refractivity contribution in [1.82, 2.24) is 24.8 Å². The molecule has 0 aliphatic rings. The molecule has 5 nitrogen and oxygen atoms in total. The van der Waals surface area contributed by atoms with Crippen molar-refractivity contribution in [3.05, 3.63) is 29.5 Å². The minimum atomic E-state index is 0.796. The van der Waals surface area contributed by atoms with Crippen LogP contribution in [-0.4, -0.2) is 24.8 Å². The molecule has 0 atom stereocenters. The zero-order valence-electron chi connectivity index (χ0n) is 13.6. The van der Waals surface area contributed by atoms with Gasteiger partial charge in [-0.05, 0) is 18.6 Å². The van der Waals surface area contributed by atoms with Crippen LogP contribution in [0.1, 0.15) is 56.9 Å². The molecule has 0 N–H and O–H groups in total. The van der Waals surface area contributed by atoms with Gasteiger partial charge in [-0.1, -0.05) is 56.8 Å². The molecule has 0 aliphatic carbocycles. The fraction of sp³-hybridized carbons (Fsp3) is 0.529. The average Bonchev–Trinajstić information content (AvgIpc) is 3.15. The number of nitrogens with zero attached hydrogens (tertiary/aromatic N) is 5. The number of fused-ring (bicyclic) bond motifs is 1. The zero-order valence-corrected chi connectivity index (χ0v) is 14.4. The number of aryl methyl sites for hydroxylation is 1. The molecule has 3 aromatic rings. The highest BCUT2D eigenvalue weighted by Gasteiger charge is 2.12. The smallest absolute Gasteiger partial charge is 0.234 e. The van der Waals surface area contributed by atoms with Crippen molar-refractivity contribution in [3.63, 3.8) is 0 Å². The molecule has 3 rings (SSSR count). The number of rotatable bonds is 9. The number of aromatic nitrogens is 5. The SMILES string of the molecule is CCCCCCCCCc1nn2c(-c3ccncc3)nnc2s1. The van der Waals surface area contributed by atoms with Gasteiger partial charge in [-0.2, -0.15) is 9.61 Å². The van der Waals surface area contributed by atoms with E-state index in [4.69, 9.17) is 0 Å². The van der Waals surface area contributed by atoms with E-state index in [2.05, 4.69) is 27.2 Å². The minimum Gasteiger partial charge on any atom is -0.265 e. The minimum absolute atomic E-state index is 0.796. The van der Waals surface area contributed by atoms with Gasteiger partial charge in [0.2, 0.25) is 4.96 Å². The molecular formula is C17H23N5S. The highest BCUT2D eigenvalue weighted by Crippen LogP contribution is 2.22. The van der Waals surface area contributed by atoms with E-state index in [-0.39, 0.29) is 0 Å². The predicted octanol–water partition coefficient (Wildman–Crippen LogP) is 4.54. The van der Waals surface area contributed by atoms with Crippen LogP contribution < -0.4 is 0 Å². The van der Waals surface area contributed by atoms with Crippen molar-refractivity contribution in [3.8, 4) is 11.4 Å². The van der Waals surface area contributed by atoms with Crippen LogP contribution in [0, 0.1) is 0 Å². The van der Waals surface area contributed by atoms with Crippen LogP contribution in [0.25, 0.3) is 16.3 Å². The molecule has 0 amide bonds. The fourth-order valence-corrected chi connectivity index (χ4v) is 3.55. The van der Waals surface area contributed by atoms with Crippen molar-refractivity contribution < 1.29 is 0 Å². The molecule has 122 valence electrons. The maximum atomic E-state index is 4.69. The summed E-state index contributed by atoms with van der Waals surface area (Å²) in [6.07, 6.45) is 13.8. The Morgan fingerprint density at radius 3 is 2.48 bits per heavy atom. The Balaban J connectivity index is 1.56. The molecule has 23 heavy (non-hydrogen) atoms. The van der Waals surface area contributed by atoms with Crippen molar-refractivity contribution in [2.24, 2.45) is 0 Å². The lowest BCUT2D eigenvalue weighted by Crippen LogP contribution is -1.93. The van der Waals surface area contributed by atoms with Gasteiger partial charge in [-0.3, -0.25) is 4.98 Å². The largest absolute Gasteiger partial charge is 0.265 e. The number of pyridine rings is 1. The Kier molecular flexibility index (Phi) is 5.69. The first-order chi connectivity index (χ1) is 11.4. The van der Waals surface area contributed by atoms with E-state index in [9.17, 15) is 0 Å². The van der Waals surface area contributed by atoms with E-state index in [0.717, 1.165) is 27.8 Å². The average molecular weight is 329 g/mol. The molecule has 0 bridgehead atoms. The molecule has 3 heterocycles. The lowest BCUT2D eigenvalue weighted by atomic mass is 10.1. The van der Waals surface area contributed by atoms with E-state index < -0.39 is 0 Å². The van der Waals surface area contributed by atoms with Crippen molar-refractivity contribution in [2.75, 3.05) is 0 Å². The third kappa shape index (κ3) is 4.13. The van der Waals surface area contributed by atoms with Gasteiger partial charge in [0.1, 0.15) is 5.01 Å². The molecule has 3 aromatic heterocycles. The van der Waals surface area contributed by atoms with Crippen molar-refractivity contribution in [1.29, 1.82) is 0 Å². The van der Waals surface area contributed by atoms with Crippen LogP contribution in [0.2, 0.25) is 0 Å². The molecule has 0 saturated heterocycles. The molecule has 0 aromatic carbocycles. The maximum Gasteiger partial charge on any atom is 0.234 e. The van der Waals surface area contributed by atoms with E-state index in [1.807, 2.05) is 16.6 Å². The fourth-order valence-electron chi connectivity index (χ4n) is 2.67. The Morgan fingerprint density at radius 2 is 1.70 bits per heavy atom. The number of hydrogen-bond donors (Lipinski definition) is 0. The molecule has 0 fully saturated rings. The van der Waals surface area contributed by atoms with E-state index in [0.29, 0.717) is 0 Å². The van der Waals surface area contributed by atoms with E-state index in [1.165, 1.54) is 44.9 Å². The summed E-state index contributed by atoms with van der Waals surface area (Å²) in [5, 5.41) is 14.3. The van der Waals surface area contributed by atoms with Crippen LogP contribution in [0.5, 0.6) is 0 Å². The second-order valence-corrected chi connectivity index (χ2v) is 6.86. The molecule has 0 radical (unpaired) electrons. The summed E-state index contributed by atoms with van der Waals surface area (Å²) in [5.74, 6) is 0.796.